The van der Waals surface area contributed by atoms with Crippen molar-refractivity contribution < 1.29 is 4.79 Å². The topological polar surface area (TPSA) is 17.1 Å². The van der Waals surface area contributed by atoms with E-state index in [1.54, 1.807) is 0 Å². The van der Waals surface area contributed by atoms with Gasteiger partial charge in [-0.3, -0.25) is 4.79 Å². The van der Waals surface area contributed by atoms with E-state index < -0.39 is 0 Å². The quantitative estimate of drug-likeness (QED) is 0.566. The molecule has 0 unspecified atom stereocenters. The molecule has 0 N–H and O–H groups in total. The largest absolute Gasteiger partial charge is 0.294 e. The average molecular weight is 216 g/mol. The number of carbonyl (C=O) groups excluding carboxylic acids is 1. The summed E-state index contributed by atoms with van der Waals surface area (Å²) in [5.74, 6) is 1.03. The second-order valence-electron chi connectivity index (χ2n) is 6.79. The molecule has 0 saturated heterocycles. The predicted molar refractivity (Wildman–Crippen MR) is 64.9 cm³/mol. The molecule has 1 fully saturated rings. The zero-order valence-electron chi connectivity index (χ0n) is 10.4. The first-order valence-electron chi connectivity index (χ1n) is 6.32. The third-order valence-electron chi connectivity index (χ3n) is 5.19. The van der Waals surface area contributed by atoms with Gasteiger partial charge in [0.2, 0.25) is 0 Å². The van der Waals surface area contributed by atoms with E-state index in [1.807, 2.05) is 6.08 Å². The van der Waals surface area contributed by atoms with Gasteiger partial charge in [-0.2, -0.15) is 0 Å². The van der Waals surface area contributed by atoms with Crippen molar-refractivity contribution in [2.24, 2.45) is 22.2 Å². The first-order chi connectivity index (χ1) is 7.38. The minimum absolute atomic E-state index is 0.0873. The Morgan fingerprint density at radius 1 is 1.19 bits per heavy atom. The molecule has 3 rings (SSSR count). The van der Waals surface area contributed by atoms with Crippen LogP contribution in [0.2, 0.25) is 0 Å². The van der Waals surface area contributed by atoms with Gasteiger partial charge >= 0.3 is 0 Å². The summed E-state index contributed by atoms with van der Waals surface area (Å²) in [5.41, 5.74) is 0.395. The van der Waals surface area contributed by atoms with Gasteiger partial charge in [0, 0.05) is 10.8 Å². The summed E-state index contributed by atoms with van der Waals surface area (Å²) in [6.07, 6.45) is 12.1. The molecule has 3 aliphatic carbocycles. The smallest absolute Gasteiger partial charge is 0.161 e. The molecular weight excluding hydrogens is 196 g/mol. The lowest BCUT2D eigenvalue weighted by Crippen LogP contribution is -2.47. The molecule has 0 heterocycles. The fraction of sp³-hybridized carbons (Fsp3) is 0.667. The van der Waals surface area contributed by atoms with Gasteiger partial charge in [-0.25, -0.2) is 0 Å². The fourth-order valence-corrected chi connectivity index (χ4v) is 4.22. The van der Waals surface area contributed by atoms with Gasteiger partial charge in [0.15, 0.2) is 5.78 Å². The van der Waals surface area contributed by atoms with Gasteiger partial charge in [-0.1, -0.05) is 39.0 Å². The molecule has 0 radical (unpaired) electrons. The van der Waals surface area contributed by atoms with Gasteiger partial charge in [0.05, 0.1) is 0 Å². The van der Waals surface area contributed by atoms with Crippen LogP contribution in [0.5, 0.6) is 0 Å². The maximum atomic E-state index is 12.0. The van der Waals surface area contributed by atoms with Crippen LogP contribution in [0.3, 0.4) is 0 Å². The molecule has 2 bridgehead atoms. The van der Waals surface area contributed by atoms with Crippen LogP contribution in [0.15, 0.2) is 24.3 Å². The van der Waals surface area contributed by atoms with Crippen molar-refractivity contribution in [2.45, 2.75) is 40.0 Å². The van der Waals surface area contributed by atoms with E-state index in [4.69, 9.17) is 0 Å². The zero-order valence-corrected chi connectivity index (χ0v) is 10.4. The van der Waals surface area contributed by atoms with Crippen LogP contribution in [0, 0.1) is 22.2 Å². The van der Waals surface area contributed by atoms with Crippen molar-refractivity contribution in [1.29, 1.82) is 0 Å². The third kappa shape index (κ3) is 1.09. The normalized spacial score (nSPS) is 48.2. The summed E-state index contributed by atoms with van der Waals surface area (Å²) in [5, 5.41) is 0. The van der Waals surface area contributed by atoms with E-state index in [2.05, 4.69) is 39.0 Å². The lowest BCUT2D eigenvalue weighted by atomic mass is 9.52. The Balaban J connectivity index is 2.10. The number of rotatable bonds is 0. The highest BCUT2D eigenvalue weighted by molar-refractivity contribution is 5.96. The monoisotopic (exact) mass is 216 g/mol. The number of carbonyl (C=O) groups is 1. The molecule has 1 nitrogen and oxygen atoms in total. The Kier molecular flexibility index (Phi) is 1.74. The summed E-state index contributed by atoms with van der Waals surface area (Å²) in [6.45, 7) is 6.81. The standard InChI is InChI=1S/C15H20O/c1-13(2)8-9-15-7-5-12(16)14(3,10-15)6-4-11(13)15/h5,7-9,11H,4,6,10H2,1-3H3/t11-,14+,15-/m0/s1. The molecule has 86 valence electrons. The summed E-state index contributed by atoms with van der Waals surface area (Å²) < 4.78 is 0. The van der Waals surface area contributed by atoms with E-state index >= 15 is 0 Å². The highest BCUT2D eigenvalue weighted by Gasteiger charge is 2.56. The second kappa shape index (κ2) is 2.69. The van der Waals surface area contributed by atoms with E-state index in [0.717, 1.165) is 12.8 Å². The lowest BCUT2D eigenvalue weighted by Gasteiger charge is -2.51. The molecule has 0 aliphatic heterocycles. The van der Waals surface area contributed by atoms with Crippen LogP contribution < -0.4 is 0 Å². The van der Waals surface area contributed by atoms with Crippen LogP contribution in [-0.4, -0.2) is 5.78 Å². The van der Waals surface area contributed by atoms with Crippen LogP contribution >= 0.6 is 0 Å². The Hall–Kier alpha value is -0.850. The van der Waals surface area contributed by atoms with Crippen molar-refractivity contribution >= 4 is 5.78 Å². The predicted octanol–water partition coefficient (Wildman–Crippen LogP) is 3.51. The number of hydrogen-bond donors (Lipinski definition) is 0. The molecule has 16 heavy (non-hydrogen) atoms. The summed E-state index contributed by atoms with van der Waals surface area (Å²) >= 11 is 0. The summed E-state index contributed by atoms with van der Waals surface area (Å²) in [6, 6.07) is 0. The van der Waals surface area contributed by atoms with Gasteiger partial charge in [-0.15, -0.1) is 0 Å². The average Bonchev–Trinajstić information content (AvgIpc) is 2.46. The zero-order chi connectivity index (χ0) is 11.6. The maximum Gasteiger partial charge on any atom is 0.161 e. The van der Waals surface area contributed by atoms with Crippen molar-refractivity contribution in [1.82, 2.24) is 0 Å². The number of ketones is 1. The van der Waals surface area contributed by atoms with Gasteiger partial charge in [0.25, 0.3) is 0 Å². The minimum atomic E-state index is -0.0873. The molecule has 0 amide bonds. The first kappa shape index (κ1) is 10.3. The molecule has 0 aromatic heterocycles. The Labute approximate surface area is 97.6 Å². The third-order valence-corrected chi connectivity index (χ3v) is 5.19. The number of allylic oxidation sites excluding steroid dienone is 4. The molecule has 3 atom stereocenters. The Bertz CT molecular complexity index is 415. The van der Waals surface area contributed by atoms with E-state index in [0.29, 0.717) is 17.1 Å². The van der Waals surface area contributed by atoms with Gasteiger partial charge in [0.1, 0.15) is 0 Å². The van der Waals surface area contributed by atoms with E-state index in [1.165, 1.54) is 6.42 Å². The van der Waals surface area contributed by atoms with Crippen molar-refractivity contribution in [3.8, 4) is 0 Å². The SMILES string of the molecule is CC1(C)C=C[C@]23C=CC(=O)[C@](C)(CC[C@@H]12)C3. The molecular formula is C15H20O. The highest BCUT2D eigenvalue weighted by atomic mass is 16.1. The van der Waals surface area contributed by atoms with Gasteiger partial charge in [-0.05, 0) is 36.7 Å². The lowest BCUT2D eigenvalue weighted by molar-refractivity contribution is -0.129. The summed E-state index contributed by atoms with van der Waals surface area (Å²) in [7, 11) is 0. The van der Waals surface area contributed by atoms with E-state index in [9.17, 15) is 4.79 Å². The molecule has 1 spiro atoms. The molecule has 0 aromatic carbocycles. The molecule has 3 aliphatic rings. The Morgan fingerprint density at radius 2 is 1.94 bits per heavy atom. The fourth-order valence-electron chi connectivity index (χ4n) is 4.22. The minimum Gasteiger partial charge on any atom is -0.294 e. The maximum absolute atomic E-state index is 12.0. The number of hydrogen-bond acceptors (Lipinski definition) is 1. The van der Waals surface area contributed by atoms with Gasteiger partial charge < -0.3 is 0 Å². The Morgan fingerprint density at radius 3 is 2.69 bits per heavy atom. The first-order valence-corrected chi connectivity index (χ1v) is 6.32. The molecule has 0 aromatic rings. The van der Waals surface area contributed by atoms with Crippen LogP contribution in [0.25, 0.3) is 0 Å². The molecule has 1 heteroatoms. The van der Waals surface area contributed by atoms with Crippen molar-refractivity contribution in [3.05, 3.63) is 24.3 Å². The van der Waals surface area contributed by atoms with Crippen molar-refractivity contribution in [3.63, 3.8) is 0 Å². The highest BCUT2D eigenvalue weighted by Crippen LogP contribution is 2.62. The van der Waals surface area contributed by atoms with Crippen LogP contribution in [0.4, 0.5) is 0 Å². The van der Waals surface area contributed by atoms with Crippen LogP contribution in [0.1, 0.15) is 40.0 Å². The van der Waals surface area contributed by atoms with Crippen LogP contribution in [-0.2, 0) is 4.79 Å². The van der Waals surface area contributed by atoms with Crippen molar-refractivity contribution in [2.75, 3.05) is 0 Å². The van der Waals surface area contributed by atoms with E-state index in [-0.39, 0.29) is 10.8 Å². The second-order valence-corrected chi connectivity index (χ2v) is 6.79. The molecule has 1 saturated carbocycles. The summed E-state index contributed by atoms with van der Waals surface area (Å²) in [4.78, 5) is 12.0. The number of fused-ring (bicyclic) bond motifs is 1.